The molecule has 1 aliphatic heterocycles. The Morgan fingerprint density at radius 1 is 1.37 bits per heavy atom. The summed E-state index contributed by atoms with van der Waals surface area (Å²) in [6.45, 7) is 1.20. The predicted molar refractivity (Wildman–Crippen MR) is 67.8 cm³/mol. The number of carbonyl (C=O) groups excluding carboxylic acids is 1. The van der Waals surface area contributed by atoms with Crippen LogP contribution in [-0.2, 0) is 16.0 Å². The molecular formula is C13H16N2O4. The van der Waals surface area contributed by atoms with Gasteiger partial charge in [0.25, 0.3) is 0 Å². The molecule has 102 valence electrons. The number of para-hydroxylation sites is 1. The number of carbonyl (C=O) groups is 2. The zero-order valence-electron chi connectivity index (χ0n) is 10.4. The molecule has 6 heteroatoms. The highest BCUT2D eigenvalue weighted by atomic mass is 16.4. The molecule has 1 unspecified atom stereocenters. The Hall–Kier alpha value is -2.08. The second-order valence-corrected chi connectivity index (χ2v) is 4.45. The number of nitrogens with one attached hydrogen (secondary N) is 1. The smallest absolute Gasteiger partial charge is 0.327 e. The largest absolute Gasteiger partial charge is 0.508 e. The Bertz CT molecular complexity index is 489. The minimum atomic E-state index is -1.02. The number of benzene rings is 1. The topological polar surface area (TPSA) is 89.9 Å². The first-order valence-electron chi connectivity index (χ1n) is 6.09. The minimum absolute atomic E-state index is 0.0104. The van der Waals surface area contributed by atoms with Crippen LogP contribution in [0.5, 0.6) is 5.75 Å². The summed E-state index contributed by atoms with van der Waals surface area (Å²) in [7, 11) is 0. The Balaban J connectivity index is 2.10. The number of hydrogen-bond donors (Lipinski definition) is 3. The van der Waals surface area contributed by atoms with Crippen LogP contribution in [0, 0.1) is 0 Å². The molecule has 3 N–H and O–H groups in total. The van der Waals surface area contributed by atoms with E-state index in [0.717, 1.165) is 0 Å². The van der Waals surface area contributed by atoms with Crippen LogP contribution >= 0.6 is 0 Å². The number of carboxylic acid groups (broad SMARTS) is 1. The van der Waals surface area contributed by atoms with Crippen LogP contribution in [0.15, 0.2) is 24.3 Å². The monoisotopic (exact) mass is 264 g/mol. The van der Waals surface area contributed by atoms with Gasteiger partial charge in [-0.3, -0.25) is 4.79 Å². The van der Waals surface area contributed by atoms with Crippen molar-refractivity contribution >= 4 is 11.9 Å². The molecule has 19 heavy (non-hydrogen) atoms. The number of phenols is 1. The van der Waals surface area contributed by atoms with Crippen LogP contribution in [0.3, 0.4) is 0 Å². The number of hydrogen-bond acceptors (Lipinski definition) is 4. The maximum absolute atomic E-state index is 12.2. The van der Waals surface area contributed by atoms with Crippen LogP contribution < -0.4 is 5.32 Å². The van der Waals surface area contributed by atoms with Crippen molar-refractivity contribution in [3.63, 3.8) is 0 Å². The Kier molecular flexibility index (Phi) is 4.01. The third-order valence-corrected chi connectivity index (χ3v) is 3.18. The van der Waals surface area contributed by atoms with Gasteiger partial charge in [0, 0.05) is 25.2 Å². The molecule has 1 fully saturated rings. The molecule has 1 aliphatic rings. The van der Waals surface area contributed by atoms with Crippen LogP contribution in [0.25, 0.3) is 0 Å². The fourth-order valence-electron chi connectivity index (χ4n) is 2.15. The molecule has 0 saturated carbocycles. The molecule has 1 aromatic carbocycles. The molecule has 0 spiro atoms. The van der Waals surface area contributed by atoms with E-state index in [9.17, 15) is 14.7 Å². The Morgan fingerprint density at radius 2 is 2.11 bits per heavy atom. The van der Waals surface area contributed by atoms with Crippen molar-refractivity contribution in [2.75, 3.05) is 19.6 Å². The van der Waals surface area contributed by atoms with E-state index in [2.05, 4.69) is 5.32 Å². The number of rotatable bonds is 3. The molecule has 1 saturated heterocycles. The molecule has 0 aromatic heterocycles. The zero-order valence-corrected chi connectivity index (χ0v) is 10.4. The van der Waals surface area contributed by atoms with E-state index < -0.39 is 12.0 Å². The first-order chi connectivity index (χ1) is 9.09. The molecule has 1 heterocycles. The lowest BCUT2D eigenvalue weighted by atomic mass is 10.1. The summed E-state index contributed by atoms with van der Waals surface area (Å²) < 4.78 is 0. The molecule has 1 atom stereocenters. The Morgan fingerprint density at radius 3 is 2.79 bits per heavy atom. The van der Waals surface area contributed by atoms with Gasteiger partial charge in [0.2, 0.25) is 5.91 Å². The highest BCUT2D eigenvalue weighted by Gasteiger charge is 2.31. The van der Waals surface area contributed by atoms with Crippen molar-refractivity contribution in [3.8, 4) is 5.75 Å². The van der Waals surface area contributed by atoms with Crippen LogP contribution in [0.4, 0.5) is 0 Å². The average Bonchev–Trinajstić information content (AvgIpc) is 2.41. The van der Waals surface area contributed by atoms with Crippen molar-refractivity contribution < 1.29 is 19.8 Å². The maximum Gasteiger partial charge on any atom is 0.327 e. The molecule has 0 aliphatic carbocycles. The zero-order chi connectivity index (χ0) is 13.8. The summed E-state index contributed by atoms with van der Waals surface area (Å²) in [4.78, 5) is 24.6. The number of nitrogens with zero attached hydrogens (tertiary/aromatic N) is 1. The minimum Gasteiger partial charge on any atom is -0.508 e. The van der Waals surface area contributed by atoms with Crippen molar-refractivity contribution in [1.29, 1.82) is 0 Å². The number of aromatic hydroxyl groups is 1. The second kappa shape index (κ2) is 5.71. The van der Waals surface area contributed by atoms with Crippen LogP contribution in [0.1, 0.15) is 5.56 Å². The second-order valence-electron chi connectivity index (χ2n) is 4.45. The lowest BCUT2D eigenvalue weighted by molar-refractivity contribution is -0.150. The lowest BCUT2D eigenvalue weighted by Gasteiger charge is -2.33. The van der Waals surface area contributed by atoms with Gasteiger partial charge in [0.15, 0.2) is 0 Å². The summed E-state index contributed by atoms with van der Waals surface area (Å²) in [6, 6.07) is 5.73. The molecule has 1 aromatic rings. The number of phenolic OH excluding ortho intramolecular Hbond substituents is 1. The van der Waals surface area contributed by atoms with Crippen molar-refractivity contribution in [3.05, 3.63) is 29.8 Å². The summed E-state index contributed by atoms with van der Waals surface area (Å²) >= 11 is 0. The van der Waals surface area contributed by atoms with Gasteiger partial charge in [-0.05, 0) is 6.07 Å². The van der Waals surface area contributed by atoms with E-state index >= 15 is 0 Å². The molecule has 2 rings (SSSR count). The van der Waals surface area contributed by atoms with Gasteiger partial charge in [0.05, 0.1) is 6.42 Å². The number of aliphatic carboxylic acids is 1. The van der Waals surface area contributed by atoms with Gasteiger partial charge in [-0.1, -0.05) is 18.2 Å². The summed E-state index contributed by atoms with van der Waals surface area (Å²) in [5.41, 5.74) is 0.509. The van der Waals surface area contributed by atoms with Gasteiger partial charge >= 0.3 is 5.97 Å². The van der Waals surface area contributed by atoms with E-state index in [4.69, 9.17) is 5.11 Å². The normalized spacial score (nSPS) is 19.2. The van der Waals surface area contributed by atoms with Gasteiger partial charge in [0.1, 0.15) is 11.8 Å². The van der Waals surface area contributed by atoms with Gasteiger partial charge < -0.3 is 20.4 Å². The Labute approximate surface area is 110 Å². The van der Waals surface area contributed by atoms with E-state index in [1.807, 2.05) is 0 Å². The van der Waals surface area contributed by atoms with Gasteiger partial charge in [-0.15, -0.1) is 0 Å². The lowest BCUT2D eigenvalue weighted by Crippen LogP contribution is -2.57. The SMILES string of the molecule is O=C(O)C1CNCCN1C(=O)Cc1ccccc1O. The van der Waals surface area contributed by atoms with E-state index in [1.165, 1.54) is 11.0 Å². The van der Waals surface area contributed by atoms with Crippen LogP contribution in [0.2, 0.25) is 0 Å². The van der Waals surface area contributed by atoms with Gasteiger partial charge in [-0.25, -0.2) is 4.79 Å². The van der Waals surface area contributed by atoms with Crippen molar-refractivity contribution in [2.24, 2.45) is 0 Å². The average molecular weight is 264 g/mol. The first-order valence-corrected chi connectivity index (χ1v) is 6.09. The van der Waals surface area contributed by atoms with Crippen LogP contribution in [-0.4, -0.2) is 52.7 Å². The van der Waals surface area contributed by atoms with E-state index in [-0.39, 0.29) is 24.6 Å². The number of amides is 1. The summed E-state index contributed by atoms with van der Waals surface area (Å²) in [5.74, 6) is -1.24. The molecule has 0 bridgehead atoms. The summed E-state index contributed by atoms with van der Waals surface area (Å²) in [5, 5.41) is 21.7. The van der Waals surface area contributed by atoms with Crippen molar-refractivity contribution in [2.45, 2.75) is 12.5 Å². The molecule has 1 amide bonds. The third kappa shape index (κ3) is 3.03. The fourth-order valence-corrected chi connectivity index (χ4v) is 2.15. The highest BCUT2D eigenvalue weighted by molar-refractivity contribution is 5.85. The highest BCUT2D eigenvalue weighted by Crippen LogP contribution is 2.18. The number of carboxylic acids is 1. The number of piperazine rings is 1. The predicted octanol–water partition coefficient (Wildman–Crippen LogP) is -0.180. The molecule has 0 radical (unpaired) electrons. The summed E-state index contributed by atoms with van der Waals surface area (Å²) in [6.07, 6.45) is 0.0104. The first kappa shape index (κ1) is 13.4. The van der Waals surface area contributed by atoms with Crippen molar-refractivity contribution in [1.82, 2.24) is 10.2 Å². The standard InChI is InChI=1S/C13H16N2O4/c16-11-4-2-1-3-9(11)7-12(17)15-6-5-14-8-10(15)13(18)19/h1-4,10,14,16H,5-8H2,(H,18,19). The maximum atomic E-state index is 12.2. The quantitative estimate of drug-likeness (QED) is 0.704. The third-order valence-electron chi connectivity index (χ3n) is 3.18. The molecule has 6 nitrogen and oxygen atoms in total. The van der Waals surface area contributed by atoms with E-state index in [1.54, 1.807) is 18.2 Å². The van der Waals surface area contributed by atoms with E-state index in [0.29, 0.717) is 18.7 Å². The molecular weight excluding hydrogens is 248 g/mol. The fraction of sp³-hybridized carbons (Fsp3) is 0.385. The van der Waals surface area contributed by atoms with Gasteiger partial charge in [-0.2, -0.15) is 0 Å².